The third-order valence-corrected chi connectivity index (χ3v) is 4.50. The minimum atomic E-state index is -0.135. The second-order valence-electron chi connectivity index (χ2n) is 6.12. The molecule has 1 aromatic rings. The molecule has 19 heavy (non-hydrogen) atoms. The lowest BCUT2D eigenvalue weighted by atomic mass is 10.1. The lowest BCUT2D eigenvalue weighted by Gasteiger charge is -2.29. The van der Waals surface area contributed by atoms with Crippen molar-refractivity contribution in [3.05, 3.63) is 29.6 Å². The van der Waals surface area contributed by atoms with E-state index in [1.54, 1.807) is 12.1 Å². The number of nitrogens with zero attached hydrogens (tertiary/aromatic N) is 1. The first kappa shape index (κ1) is 12.9. The third kappa shape index (κ3) is 3.08. The van der Waals surface area contributed by atoms with Crippen LogP contribution in [0.25, 0.3) is 0 Å². The average Bonchev–Trinajstić information content (AvgIpc) is 3.28. The molecule has 1 N–H and O–H groups in total. The second kappa shape index (κ2) is 5.12. The van der Waals surface area contributed by atoms with Gasteiger partial charge >= 0.3 is 0 Å². The first-order chi connectivity index (χ1) is 9.15. The monoisotopic (exact) mass is 262 g/mol. The summed E-state index contributed by atoms with van der Waals surface area (Å²) in [6, 6.07) is 6.39. The van der Waals surface area contributed by atoms with E-state index < -0.39 is 0 Å². The van der Waals surface area contributed by atoms with Crippen molar-refractivity contribution in [1.29, 1.82) is 0 Å². The van der Waals surface area contributed by atoms with Crippen LogP contribution in [0.2, 0.25) is 0 Å². The van der Waals surface area contributed by atoms with Crippen molar-refractivity contribution in [2.24, 2.45) is 5.92 Å². The minimum Gasteiger partial charge on any atom is -0.371 e. The summed E-state index contributed by atoms with van der Waals surface area (Å²) in [5.74, 6) is 0.683. The summed E-state index contributed by atoms with van der Waals surface area (Å²) in [6.45, 7) is 3.05. The molecule has 1 atom stereocenters. The molecule has 0 aliphatic heterocycles. The minimum absolute atomic E-state index is 0.135. The molecule has 2 fully saturated rings. The highest BCUT2D eigenvalue weighted by atomic mass is 19.1. The molecule has 1 unspecified atom stereocenters. The largest absolute Gasteiger partial charge is 0.371 e. The topological polar surface area (TPSA) is 15.3 Å². The summed E-state index contributed by atoms with van der Waals surface area (Å²) in [7, 11) is 2.14. The highest BCUT2D eigenvalue weighted by Gasteiger charge is 2.31. The smallest absolute Gasteiger partial charge is 0.123 e. The molecular formula is C16H23FN2. The summed E-state index contributed by atoms with van der Waals surface area (Å²) in [5, 5.41) is 3.49. The van der Waals surface area contributed by atoms with Gasteiger partial charge in [-0.1, -0.05) is 0 Å². The number of hydrogen-bond donors (Lipinski definition) is 1. The van der Waals surface area contributed by atoms with E-state index in [0.29, 0.717) is 12.1 Å². The van der Waals surface area contributed by atoms with Crippen LogP contribution in [0.15, 0.2) is 18.2 Å². The molecule has 1 aromatic carbocycles. The molecular weight excluding hydrogens is 239 g/mol. The van der Waals surface area contributed by atoms with Crippen LogP contribution in [0.4, 0.5) is 10.1 Å². The zero-order chi connectivity index (χ0) is 13.4. The van der Waals surface area contributed by atoms with E-state index in [1.807, 2.05) is 6.07 Å². The number of rotatable bonds is 6. The molecule has 0 aromatic heterocycles. The summed E-state index contributed by atoms with van der Waals surface area (Å²) < 4.78 is 13.5. The Morgan fingerprint density at radius 1 is 1.32 bits per heavy atom. The van der Waals surface area contributed by atoms with Gasteiger partial charge < -0.3 is 10.2 Å². The Kier molecular flexibility index (Phi) is 3.48. The van der Waals surface area contributed by atoms with Gasteiger partial charge in [0.25, 0.3) is 0 Å². The lowest BCUT2D eigenvalue weighted by Crippen LogP contribution is -2.32. The highest BCUT2D eigenvalue weighted by Crippen LogP contribution is 2.37. The molecule has 3 rings (SSSR count). The molecule has 2 nitrogen and oxygen atoms in total. The van der Waals surface area contributed by atoms with Crippen molar-refractivity contribution >= 4 is 5.69 Å². The molecule has 104 valence electrons. The van der Waals surface area contributed by atoms with Crippen LogP contribution in [-0.4, -0.2) is 19.1 Å². The van der Waals surface area contributed by atoms with E-state index in [4.69, 9.17) is 0 Å². The molecule has 0 amide bonds. The zero-order valence-electron chi connectivity index (χ0n) is 11.8. The standard InChI is InChI=1S/C16H23FN2/c1-11(12-3-4-12)19(2)16-8-5-14(17)9-13(16)10-18-15-6-7-15/h5,8-9,11-12,15,18H,3-4,6-7,10H2,1-2H3. The van der Waals surface area contributed by atoms with Gasteiger partial charge in [-0.05, 0) is 62.3 Å². The fraction of sp³-hybridized carbons (Fsp3) is 0.625. The Labute approximate surface area is 115 Å². The van der Waals surface area contributed by atoms with E-state index in [1.165, 1.54) is 31.4 Å². The second-order valence-corrected chi connectivity index (χ2v) is 6.12. The molecule has 0 heterocycles. The molecule has 0 saturated heterocycles. The Hall–Kier alpha value is -1.09. The fourth-order valence-corrected chi connectivity index (χ4v) is 2.70. The van der Waals surface area contributed by atoms with Gasteiger partial charge in [0.05, 0.1) is 0 Å². The maximum absolute atomic E-state index is 13.5. The van der Waals surface area contributed by atoms with Gasteiger partial charge in [-0.25, -0.2) is 4.39 Å². The maximum Gasteiger partial charge on any atom is 0.123 e. The van der Waals surface area contributed by atoms with E-state index >= 15 is 0 Å². The van der Waals surface area contributed by atoms with Gasteiger partial charge in [0.1, 0.15) is 5.82 Å². The molecule has 0 radical (unpaired) electrons. The van der Waals surface area contributed by atoms with Crippen LogP contribution in [0.1, 0.15) is 38.2 Å². The predicted molar refractivity (Wildman–Crippen MR) is 76.9 cm³/mol. The summed E-state index contributed by atoms with van der Waals surface area (Å²) in [4.78, 5) is 2.32. The van der Waals surface area contributed by atoms with Gasteiger partial charge in [0.2, 0.25) is 0 Å². The quantitative estimate of drug-likeness (QED) is 0.846. The Balaban J connectivity index is 1.76. The van der Waals surface area contributed by atoms with Crippen molar-refractivity contribution in [3.8, 4) is 0 Å². The molecule has 0 bridgehead atoms. The van der Waals surface area contributed by atoms with E-state index in [2.05, 4.69) is 24.2 Å². The number of benzene rings is 1. The van der Waals surface area contributed by atoms with Crippen LogP contribution in [0.5, 0.6) is 0 Å². The molecule has 2 aliphatic carbocycles. The van der Waals surface area contributed by atoms with Crippen molar-refractivity contribution in [3.63, 3.8) is 0 Å². The first-order valence-electron chi connectivity index (χ1n) is 7.40. The van der Waals surface area contributed by atoms with Crippen molar-refractivity contribution in [2.45, 2.75) is 51.2 Å². The van der Waals surface area contributed by atoms with Gasteiger partial charge in [-0.15, -0.1) is 0 Å². The highest BCUT2D eigenvalue weighted by molar-refractivity contribution is 5.54. The van der Waals surface area contributed by atoms with Crippen LogP contribution in [0.3, 0.4) is 0 Å². The maximum atomic E-state index is 13.5. The number of halogens is 1. The average molecular weight is 262 g/mol. The predicted octanol–water partition coefficient (Wildman–Crippen LogP) is 3.31. The Bertz CT molecular complexity index is 452. The van der Waals surface area contributed by atoms with Crippen molar-refractivity contribution in [2.75, 3.05) is 11.9 Å². The van der Waals surface area contributed by atoms with Crippen molar-refractivity contribution < 1.29 is 4.39 Å². The van der Waals surface area contributed by atoms with Crippen LogP contribution < -0.4 is 10.2 Å². The third-order valence-electron chi connectivity index (χ3n) is 4.50. The summed E-state index contributed by atoms with van der Waals surface area (Å²) in [6.07, 6.45) is 5.20. The van der Waals surface area contributed by atoms with Gasteiger partial charge in [-0.3, -0.25) is 0 Å². The summed E-state index contributed by atoms with van der Waals surface area (Å²) >= 11 is 0. The SMILES string of the molecule is CC(C1CC1)N(C)c1ccc(F)cc1CNC1CC1. The molecule has 2 aliphatic rings. The van der Waals surface area contributed by atoms with Gasteiger partial charge in [-0.2, -0.15) is 0 Å². The van der Waals surface area contributed by atoms with E-state index in [-0.39, 0.29) is 5.82 Å². The van der Waals surface area contributed by atoms with Crippen LogP contribution in [-0.2, 0) is 6.54 Å². The number of anilines is 1. The van der Waals surface area contributed by atoms with E-state index in [0.717, 1.165) is 18.0 Å². The Morgan fingerprint density at radius 2 is 2.05 bits per heavy atom. The number of hydrogen-bond acceptors (Lipinski definition) is 2. The fourth-order valence-electron chi connectivity index (χ4n) is 2.70. The Morgan fingerprint density at radius 3 is 2.68 bits per heavy atom. The number of nitrogens with one attached hydrogen (secondary N) is 1. The van der Waals surface area contributed by atoms with Crippen LogP contribution in [0, 0.1) is 11.7 Å². The zero-order valence-corrected chi connectivity index (χ0v) is 11.8. The van der Waals surface area contributed by atoms with Gasteiger partial charge in [0, 0.05) is 31.4 Å². The van der Waals surface area contributed by atoms with Crippen molar-refractivity contribution in [1.82, 2.24) is 5.32 Å². The molecule has 2 saturated carbocycles. The van der Waals surface area contributed by atoms with E-state index in [9.17, 15) is 4.39 Å². The lowest BCUT2D eigenvalue weighted by molar-refractivity contribution is 0.596. The van der Waals surface area contributed by atoms with Crippen LogP contribution >= 0.6 is 0 Å². The summed E-state index contributed by atoms with van der Waals surface area (Å²) in [5.41, 5.74) is 2.26. The first-order valence-corrected chi connectivity index (χ1v) is 7.40. The normalized spacial score (nSPS) is 20.4. The molecule has 3 heteroatoms. The molecule has 0 spiro atoms. The van der Waals surface area contributed by atoms with Gasteiger partial charge in [0.15, 0.2) is 0 Å².